The van der Waals surface area contributed by atoms with Crippen LogP contribution >= 0.6 is 0 Å². The van der Waals surface area contributed by atoms with Gasteiger partial charge in [-0.1, -0.05) is 20.8 Å². The molecule has 2 rings (SSSR count). The van der Waals surface area contributed by atoms with E-state index in [0.717, 1.165) is 12.8 Å². The molecule has 1 saturated carbocycles. The molecule has 4 nitrogen and oxygen atoms in total. The summed E-state index contributed by atoms with van der Waals surface area (Å²) in [5.41, 5.74) is -0.727. The normalized spacial score (nSPS) is 43.5. The fourth-order valence-electron chi connectivity index (χ4n) is 3.43. The van der Waals surface area contributed by atoms with Gasteiger partial charge in [0, 0.05) is 6.04 Å². The van der Waals surface area contributed by atoms with Crippen molar-refractivity contribution in [1.29, 1.82) is 0 Å². The predicted molar refractivity (Wildman–Crippen MR) is 74.5 cm³/mol. The van der Waals surface area contributed by atoms with Crippen molar-refractivity contribution in [2.45, 2.75) is 71.5 Å². The lowest BCUT2D eigenvalue weighted by molar-refractivity contribution is -0.157. The molecule has 1 N–H and O–H groups in total. The van der Waals surface area contributed by atoms with Gasteiger partial charge in [0.2, 0.25) is 11.8 Å². The summed E-state index contributed by atoms with van der Waals surface area (Å²) < 4.78 is 0. The van der Waals surface area contributed by atoms with Gasteiger partial charge in [-0.2, -0.15) is 0 Å². The molecule has 0 radical (unpaired) electrons. The second kappa shape index (κ2) is 4.80. The second-order valence-electron chi connectivity index (χ2n) is 6.54. The van der Waals surface area contributed by atoms with E-state index < -0.39 is 5.54 Å². The molecule has 108 valence electrons. The Balaban J connectivity index is 2.31. The van der Waals surface area contributed by atoms with Crippen molar-refractivity contribution in [3.8, 4) is 0 Å². The Kier molecular flexibility index (Phi) is 3.63. The lowest BCUT2D eigenvalue weighted by atomic mass is 9.88. The Hall–Kier alpha value is -1.06. The minimum absolute atomic E-state index is 0.0179. The second-order valence-corrected chi connectivity index (χ2v) is 6.54. The smallest absolute Gasteiger partial charge is 0.248 e. The lowest BCUT2D eigenvalue weighted by Gasteiger charge is -2.47. The zero-order valence-electron chi connectivity index (χ0n) is 12.7. The number of nitrogens with one attached hydrogen (secondary N) is 1. The van der Waals surface area contributed by atoms with Crippen molar-refractivity contribution in [1.82, 2.24) is 10.2 Å². The van der Waals surface area contributed by atoms with Crippen molar-refractivity contribution in [3.05, 3.63) is 0 Å². The van der Waals surface area contributed by atoms with Gasteiger partial charge in [-0.15, -0.1) is 0 Å². The molecule has 1 saturated heterocycles. The van der Waals surface area contributed by atoms with Gasteiger partial charge >= 0.3 is 0 Å². The first kappa shape index (κ1) is 14.4. The lowest BCUT2D eigenvalue weighted by Crippen LogP contribution is -2.70. The molecular weight excluding hydrogens is 240 g/mol. The van der Waals surface area contributed by atoms with Crippen LogP contribution in [0.1, 0.15) is 53.9 Å². The number of rotatable bonds is 2. The summed E-state index contributed by atoms with van der Waals surface area (Å²) in [5.74, 6) is 1.17. The number of carbonyl (C=O) groups is 2. The highest BCUT2D eigenvalue weighted by molar-refractivity contribution is 5.99. The molecule has 0 aromatic heterocycles. The fourth-order valence-corrected chi connectivity index (χ4v) is 3.43. The number of hydrogen-bond donors (Lipinski definition) is 1. The van der Waals surface area contributed by atoms with Crippen molar-refractivity contribution >= 4 is 11.8 Å². The molecule has 2 fully saturated rings. The van der Waals surface area contributed by atoms with Crippen molar-refractivity contribution < 1.29 is 9.59 Å². The van der Waals surface area contributed by atoms with E-state index in [2.05, 4.69) is 19.2 Å². The number of nitrogens with zero attached hydrogens (tertiary/aromatic N) is 1. The third-order valence-corrected chi connectivity index (χ3v) is 5.39. The minimum atomic E-state index is -0.727. The third kappa shape index (κ3) is 2.15. The average Bonchev–Trinajstić information content (AvgIpc) is 2.69. The van der Waals surface area contributed by atoms with Crippen LogP contribution < -0.4 is 5.32 Å². The summed E-state index contributed by atoms with van der Waals surface area (Å²) in [4.78, 5) is 26.8. The van der Waals surface area contributed by atoms with Crippen LogP contribution in [0.15, 0.2) is 0 Å². The molecule has 1 aliphatic heterocycles. The van der Waals surface area contributed by atoms with Gasteiger partial charge in [0.25, 0.3) is 0 Å². The van der Waals surface area contributed by atoms with Crippen LogP contribution in [0.5, 0.6) is 0 Å². The van der Waals surface area contributed by atoms with Crippen LogP contribution in [0, 0.1) is 11.8 Å². The van der Waals surface area contributed by atoms with Crippen LogP contribution in [0.25, 0.3) is 0 Å². The Morgan fingerprint density at radius 1 is 1.26 bits per heavy atom. The molecule has 5 unspecified atom stereocenters. The van der Waals surface area contributed by atoms with E-state index in [4.69, 9.17) is 0 Å². The van der Waals surface area contributed by atoms with Crippen molar-refractivity contribution in [2.24, 2.45) is 11.8 Å². The zero-order valence-corrected chi connectivity index (χ0v) is 12.7. The summed E-state index contributed by atoms with van der Waals surface area (Å²) in [7, 11) is 0. The molecule has 0 spiro atoms. The molecular formula is C15H26N2O2. The van der Waals surface area contributed by atoms with E-state index in [9.17, 15) is 9.59 Å². The van der Waals surface area contributed by atoms with Crippen molar-refractivity contribution in [2.75, 3.05) is 0 Å². The first-order valence-electron chi connectivity index (χ1n) is 7.46. The third-order valence-electron chi connectivity index (χ3n) is 5.39. The molecule has 2 aliphatic rings. The molecule has 2 amide bonds. The van der Waals surface area contributed by atoms with Gasteiger partial charge in [0.1, 0.15) is 11.6 Å². The van der Waals surface area contributed by atoms with E-state index in [0.29, 0.717) is 18.3 Å². The van der Waals surface area contributed by atoms with Gasteiger partial charge < -0.3 is 10.2 Å². The summed E-state index contributed by atoms with van der Waals surface area (Å²) in [5, 5.41) is 2.89. The average molecular weight is 266 g/mol. The van der Waals surface area contributed by atoms with E-state index in [1.54, 1.807) is 0 Å². The highest BCUT2D eigenvalue weighted by atomic mass is 16.2. The van der Waals surface area contributed by atoms with Crippen LogP contribution in [0.3, 0.4) is 0 Å². The van der Waals surface area contributed by atoms with E-state index in [1.165, 1.54) is 0 Å². The van der Waals surface area contributed by atoms with Gasteiger partial charge in [-0.3, -0.25) is 9.59 Å². The van der Waals surface area contributed by atoms with Crippen molar-refractivity contribution in [3.63, 3.8) is 0 Å². The molecule has 0 aromatic carbocycles. The maximum Gasteiger partial charge on any atom is 0.248 e. The zero-order chi connectivity index (χ0) is 14.4. The number of hydrogen-bond acceptors (Lipinski definition) is 2. The quantitative estimate of drug-likeness (QED) is 0.830. The Labute approximate surface area is 115 Å². The topological polar surface area (TPSA) is 49.4 Å². The van der Waals surface area contributed by atoms with E-state index in [1.807, 2.05) is 25.7 Å². The maximum atomic E-state index is 12.8. The standard InChI is InChI=1S/C15H26N2O2/c1-6-15(5)14(19)17(11(4)13(18)16-15)12-8-7-9(2)10(12)3/h9-12H,6-8H2,1-5H3,(H,16,18). The van der Waals surface area contributed by atoms with Gasteiger partial charge in [-0.25, -0.2) is 0 Å². The molecule has 0 aromatic rings. The summed E-state index contributed by atoms with van der Waals surface area (Å²) >= 11 is 0. The molecule has 1 heterocycles. The fraction of sp³-hybridized carbons (Fsp3) is 0.867. The largest absolute Gasteiger partial charge is 0.340 e. The first-order chi connectivity index (χ1) is 8.81. The molecule has 5 atom stereocenters. The number of carbonyl (C=O) groups excluding carboxylic acids is 2. The van der Waals surface area contributed by atoms with Gasteiger partial charge in [-0.05, 0) is 44.9 Å². The SMILES string of the molecule is CCC1(C)NC(=O)C(C)N(C2CCC(C)C2C)C1=O. The number of piperazine rings is 1. The maximum absolute atomic E-state index is 12.8. The van der Waals surface area contributed by atoms with Crippen LogP contribution in [0.2, 0.25) is 0 Å². The number of amides is 2. The first-order valence-corrected chi connectivity index (χ1v) is 7.46. The van der Waals surface area contributed by atoms with Crippen LogP contribution in [0.4, 0.5) is 0 Å². The van der Waals surface area contributed by atoms with E-state index in [-0.39, 0.29) is 23.9 Å². The molecule has 4 heteroatoms. The highest BCUT2D eigenvalue weighted by Crippen LogP contribution is 2.37. The van der Waals surface area contributed by atoms with Gasteiger partial charge in [0.15, 0.2) is 0 Å². The molecule has 1 aliphatic carbocycles. The minimum Gasteiger partial charge on any atom is -0.340 e. The van der Waals surface area contributed by atoms with Crippen LogP contribution in [-0.4, -0.2) is 34.3 Å². The van der Waals surface area contributed by atoms with Crippen LogP contribution in [-0.2, 0) is 9.59 Å². The Bertz CT molecular complexity index is 396. The summed E-state index contributed by atoms with van der Waals surface area (Å²) in [6.07, 6.45) is 2.80. The molecule has 0 bridgehead atoms. The summed E-state index contributed by atoms with van der Waals surface area (Å²) in [6, 6.07) is -0.126. The molecule has 19 heavy (non-hydrogen) atoms. The Morgan fingerprint density at radius 3 is 2.37 bits per heavy atom. The summed E-state index contributed by atoms with van der Waals surface area (Å²) in [6.45, 7) is 10.1. The predicted octanol–water partition coefficient (Wildman–Crippen LogP) is 1.94. The Morgan fingerprint density at radius 2 is 1.89 bits per heavy atom. The van der Waals surface area contributed by atoms with E-state index >= 15 is 0 Å². The van der Waals surface area contributed by atoms with Gasteiger partial charge in [0.05, 0.1) is 0 Å². The monoisotopic (exact) mass is 266 g/mol. The highest BCUT2D eigenvalue weighted by Gasteiger charge is 2.50.